The van der Waals surface area contributed by atoms with Crippen molar-refractivity contribution in [3.05, 3.63) is 107 Å². The quantitative estimate of drug-likeness (QED) is 0.212. The second kappa shape index (κ2) is 13.3. The molecule has 0 saturated heterocycles. The molecule has 3 aromatic carbocycles. The Balaban J connectivity index is 1.30. The van der Waals surface area contributed by atoms with Crippen molar-refractivity contribution < 1.29 is 4.39 Å². The van der Waals surface area contributed by atoms with E-state index in [1.54, 1.807) is 0 Å². The molecule has 1 aliphatic rings. The number of fused-ring (bicyclic) bond motifs is 1. The Labute approximate surface area is 217 Å². The zero-order chi connectivity index (χ0) is 25.2. The van der Waals surface area contributed by atoms with E-state index >= 15 is 0 Å². The predicted octanol–water partition coefficient (Wildman–Crippen LogP) is 9.59. The van der Waals surface area contributed by atoms with Crippen molar-refractivity contribution in [1.29, 1.82) is 0 Å². The smallest absolute Gasteiger partial charge is 0.134 e. The van der Waals surface area contributed by atoms with Crippen molar-refractivity contribution in [3.63, 3.8) is 0 Å². The molecule has 0 unspecified atom stereocenters. The van der Waals surface area contributed by atoms with Gasteiger partial charge in [-0.2, -0.15) is 0 Å². The van der Waals surface area contributed by atoms with Gasteiger partial charge in [0.2, 0.25) is 0 Å². The first-order chi connectivity index (χ1) is 17.7. The van der Waals surface area contributed by atoms with E-state index in [1.807, 2.05) is 36.4 Å². The molecule has 1 saturated carbocycles. The van der Waals surface area contributed by atoms with Gasteiger partial charge in [0.05, 0.1) is 0 Å². The molecule has 1 heteroatoms. The zero-order valence-corrected chi connectivity index (χ0v) is 21.7. The van der Waals surface area contributed by atoms with Gasteiger partial charge in [-0.25, -0.2) is 4.39 Å². The van der Waals surface area contributed by atoms with Crippen molar-refractivity contribution in [2.24, 2.45) is 11.8 Å². The summed E-state index contributed by atoms with van der Waals surface area (Å²) in [7, 11) is 0. The topological polar surface area (TPSA) is 0 Å². The number of hydrogen-bond donors (Lipinski definition) is 0. The molecule has 36 heavy (non-hydrogen) atoms. The summed E-state index contributed by atoms with van der Waals surface area (Å²) in [5.74, 6) is 8.24. The highest BCUT2D eigenvalue weighted by Crippen LogP contribution is 2.34. The molecule has 0 bridgehead atoms. The lowest BCUT2D eigenvalue weighted by molar-refractivity contribution is 0.254. The van der Waals surface area contributed by atoms with Gasteiger partial charge in [-0.05, 0) is 98.1 Å². The maximum absolute atomic E-state index is 14.8. The first kappa shape index (κ1) is 26.0. The third kappa shape index (κ3) is 7.20. The van der Waals surface area contributed by atoms with E-state index in [-0.39, 0.29) is 5.82 Å². The molecule has 0 heterocycles. The van der Waals surface area contributed by atoms with Crippen LogP contribution in [0.15, 0.2) is 79.4 Å². The minimum atomic E-state index is -0.123. The Morgan fingerprint density at radius 3 is 2.25 bits per heavy atom. The monoisotopic (exact) mass is 478 g/mol. The Morgan fingerprint density at radius 2 is 1.53 bits per heavy atom. The number of halogens is 1. The first-order valence-corrected chi connectivity index (χ1v) is 13.7. The molecule has 186 valence electrons. The van der Waals surface area contributed by atoms with Crippen LogP contribution in [-0.2, 0) is 12.8 Å². The van der Waals surface area contributed by atoms with Gasteiger partial charge in [-0.15, -0.1) is 6.58 Å². The molecular weight excluding hydrogens is 439 g/mol. The lowest BCUT2D eigenvalue weighted by Crippen LogP contribution is -2.15. The van der Waals surface area contributed by atoms with Crippen LogP contribution >= 0.6 is 0 Å². The van der Waals surface area contributed by atoms with Gasteiger partial charge < -0.3 is 0 Å². The van der Waals surface area contributed by atoms with Crippen LogP contribution in [-0.4, -0.2) is 0 Å². The van der Waals surface area contributed by atoms with Crippen molar-refractivity contribution >= 4 is 10.8 Å². The van der Waals surface area contributed by atoms with E-state index in [2.05, 4.69) is 61.8 Å². The van der Waals surface area contributed by atoms with Crippen LogP contribution in [0.4, 0.5) is 4.39 Å². The van der Waals surface area contributed by atoms with Crippen LogP contribution in [0.1, 0.15) is 80.5 Å². The fourth-order valence-corrected chi connectivity index (χ4v) is 5.44. The fourth-order valence-electron chi connectivity index (χ4n) is 5.44. The minimum Gasteiger partial charge on any atom is -0.206 e. The average molecular weight is 479 g/mol. The molecule has 0 atom stereocenters. The van der Waals surface area contributed by atoms with E-state index in [4.69, 9.17) is 0 Å². The third-order valence-electron chi connectivity index (χ3n) is 7.74. The Bertz CT molecular complexity index is 1230. The molecule has 0 N–H and O–H groups in total. The van der Waals surface area contributed by atoms with Crippen molar-refractivity contribution in [2.75, 3.05) is 0 Å². The second-order valence-corrected chi connectivity index (χ2v) is 10.3. The van der Waals surface area contributed by atoms with Crippen LogP contribution in [0.5, 0.6) is 0 Å². The summed E-state index contributed by atoms with van der Waals surface area (Å²) in [6, 6.07) is 18.3. The Kier molecular flexibility index (Phi) is 9.57. The minimum absolute atomic E-state index is 0.123. The Hall–Kier alpha value is -3.11. The number of rotatable bonds is 9. The maximum atomic E-state index is 14.8. The number of aryl methyl sites for hydroxylation is 2. The van der Waals surface area contributed by atoms with Crippen molar-refractivity contribution in [1.82, 2.24) is 0 Å². The summed E-state index contributed by atoms with van der Waals surface area (Å²) in [6.45, 7) is 5.85. The number of allylic oxidation sites excluding steroid dienone is 3. The van der Waals surface area contributed by atoms with Crippen LogP contribution in [0.3, 0.4) is 0 Å². The summed E-state index contributed by atoms with van der Waals surface area (Å²) >= 11 is 0. The van der Waals surface area contributed by atoms with Gasteiger partial charge in [-0.3, -0.25) is 0 Å². The van der Waals surface area contributed by atoms with Crippen LogP contribution in [0.2, 0.25) is 0 Å². The van der Waals surface area contributed by atoms with Gasteiger partial charge in [-0.1, -0.05) is 86.1 Å². The van der Waals surface area contributed by atoms with E-state index in [9.17, 15) is 4.39 Å². The van der Waals surface area contributed by atoms with Crippen LogP contribution in [0.25, 0.3) is 10.8 Å². The van der Waals surface area contributed by atoms with Gasteiger partial charge >= 0.3 is 0 Å². The summed E-state index contributed by atoms with van der Waals surface area (Å²) in [6.07, 6.45) is 18.5. The molecule has 4 rings (SSSR count). The van der Waals surface area contributed by atoms with Gasteiger partial charge in [0, 0.05) is 16.5 Å². The highest BCUT2D eigenvalue weighted by molar-refractivity contribution is 5.85. The lowest BCUT2D eigenvalue weighted by Gasteiger charge is -2.28. The normalized spacial score (nSPS) is 17.7. The SMILES string of the molecule is C=CCCc1ccc2cc(C#Cc3ccc(CCC4CCC(CC/C=C/C)CC4)cc3)ccc2c1F. The second-order valence-electron chi connectivity index (χ2n) is 10.3. The predicted molar refractivity (Wildman–Crippen MR) is 153 cm³/mol. The Morgan fingerprint density at radius 1 is 0.833 bits per heavy atom. The molecule has 0 radical (unpaired) electrons. The molecule has 0 nitrogen and oxygen atoms in total. The number of hydrogen-bond acceptors (Lipinski definition) is 0. The van der Waals surface area contributed by atoms with Gasteiger partial charge in [0.25, 0.3) is 0 Å². The van der Waals surface area contributed by atoms with E-state index in [1.165, 1.54) is 50.5 Å². The van der Waals surface area contributed by atoms with Crippen LogP contribution in [0, 0.1) is 29.5 Å². The molecule has 1 aliphatic carbocycles. The standard InChI is InChI=1S/C35H39F/c1-3-5-7-8-27-10-12-28(13-11-27)14-15-29-16-18-30(19-17-29)20-21-31-22-25-34-33(26-31)24-23-32(35(34)36)9-6-4-2/h3-5,16-19,22-28H,2,6-15H2,1H3/b5-3+. The fraction of sp³-hybridized carbons (Fsp3) is 0.371. The first-order valence-electron chi connectivity index (χ1n) is 13.7. The molecule has 0 amide bonds. The highest BCUT2D eigenvalue weighted by atomic mass is 19.1. The molecule has 0 spiro atoms. The summed E-state index contributed by atoms with van der Waals surface area (Å²) < 4.78 is 14.8. The zero-order valence-electron chi connectivity index (χ0n) is 21.7. The van der Waals surface area contributed by atoms with Crippen molar-refractivity contribution in [3.8, 4) is 11.8 Å². The van der Waals surface area contributed by atoms with E-state index < -0.39 is 0 Å². The summed E-state index contributed by atoms with van der Waals surface area (Å²) in [5.41, 5.74) is 4.08. The van der Waals surface area contributed by atoms with E-state index in [0.717, 1.165) is 46.8 Å². The molecular formula is C35H39F. The maximum Gasteiger partial charge on any atom is 0.134 e. The molecule has 0 aromatic heterocycles. The molecule has 1 fully saturated rings. The summed E-state index contributed by atoms with van der Waals surface area (Å²) in [4.78, 5) is 0. The van der Waals surface area contributed by atoms with Crippen molar-refractivity contribution in [2.45, 2.75) is 71.1 Å². The number of benzene rings is 3. The molecule has 0 aliphatic heterocycles. The molecule has 3 aromatic rings. The van der Waals surface area contributed by atoms with Gasteiger partial charge in [0.15, 0.2) is 0 Å². The largest absolute Gasteiger partial charge is 0.206 e. The van der Waals surface area contributed by atoms with E-state index in [0.29, 0.717) is 11.8 Å². The third-order valence-corrected chi connectivity index (χ3v) is 7.74. The van der Waals surface area contributed by atoms with Gasteiger partial charge in [0.1, 0.15) is 5.82 Å². The van der Waals surface area contributed by atoms with Crippen LogP contribution < -0.4 is 0 Å². The average Bonchev–Trinajstić information content (AvgIpc) is 2.92. The lowest BCUT2D eigenvalue weighted by atomic mass is 9.78. The summed E-state index contributed by atoms with van der Waals surface area (Å²) in [5, 5.41) is 1.55. The highest BCUT2D eigenvalue weighted by Gasteiger charge is 2.20.